The number of nitrogens with zero attached hydrogens (tertiary/aromatic N) is 4. The van der Waals surface area contributed by atoms with Crippen molar-refractivity contribution in [3.8, 4) is 11.4 Å². The number of anilines is 1. The van der Waals surface area contributed by atoms with Gasteiger partial charge in [-0.25, -0.2) is 9.78 Å². The number of nitrogens with one attached hydrogen (secondary N) is 1. The molecule has 7 heteroatoms. The summed E-state index contributed by atoms with van der Waals surface area (Å²) in [5, 5.41) is 3.05. The zero-order valence-corrected chi connectivity index (χ0v) is 18.5. The topological polar surface area (TPSA) is 70.5 Å². The van der Waals surface area contributed by atoms with Gasteiger partial charge in [0.1, 0.15) is 5.82 Å². The zero-order chi connectivity index (χ0) is 22.1. The number of piperidine rings is 1. The number of urea groups is 1. The van der Waals surface area contributed by atoms with Gasteiger partial charge < -0.3 is 19.7 Å². The smallest absolute Gasteiger partial charge is 0.319 e. The number of benzene rings is 2. The molecule has 0 radical (unpaired) electrons. The van der Waals surface area contributed by atoms with E-state index in [0.717, 1.165) is 54.0 Å². The van der Waals surface area contributed by atoms with Crippen LogP contribution >= 0.6 is 0 Å². The number of aromatic nitrogens is 2. The number of likely N-dealkylation sites (tertiary alicyclic amines) is 2. The van der Waals surface area contributed by atoms with Crippen molar-refractivity contribution in [1.82, 2.24) is 19.4 Å². The fraction of sp³-hybridized carbons (Fsp3) is 0.400. The molecule has 2 fully saturated rings. The van der Waals surface area contributed by atoms with Crippen LogP contribution in [0.4, 0.5) is 10.5 Å². The van der Waals surface area contributed by atoms with Crippen LogP contribution in [-0.4, -0.2) is 57.5 Å². The lowest BCUT2D eigenvalue weighted by Gasteiger charge is -2.34. The SMILES string of the molecule is Cn1c(-c2ccc(NC(=O)C3CCN(C(=O)N4CCCC4)CC3)cc2)nc2ccccc21. The lowest BCUT2D eigenvalue weighted by atomic mass is 9.96. The minimum atomic E-state index is -0.0582. The Labute approximate surface area is 188 Å². The summed E-state index contributed by atoms with van der Waals surface area (Å²) in [5.74, 6) is 0.880. The highest BCUT2D eigenvalue weighted by molar-refractivity contribution is 5.93. The second-order valence-electron chi connectivity index (χ2n) is 8.79. The summed E-state index contributed by atoms with van der Waals surface area (Å²) in [6.45, 7) is 3.03. The Bertz CT molecular complexity index is 1120. The summed E-state index contributed by atoms with van der Waals surface area (Å²) in [4.78, 5) is 33.9. The number of rotatable bonds is 3. The summed E-state index contributed by atoms with van der Waals surface area (Å²) < 4.78 is 2.08. The summed E-state index contributed by atoms with van der Waals surface area (Å²) >= 11 is 0. The van der Waals surface area contributed by atoms with Gasteiger partial charge in [-0.2, -0.15) is 0 Å². The van der Waals surface area contributed by atoms with Crippen LogP contribution in [-0.2, 0) is 11.8 Å². The molecular formula is C25H29N5O2. The number of hydrogen-bond acceptors (Lipinski definition) is 3. The fourth-order valence-corrected chi connectivity index (χ4v) is 4.79. The average Bonchev–Trinajstić information content (AvgIpc) is 3.48. The van der Waals surface area contributed by atoms with Crippen molar-refractivity contribution in [3.05, 3.63) is 48.5 Å². The highest BCUT2D eigenvalue weighted by Gasteiger charge is 2.30. The number of para-hydroxylation sites is 2. The lowest BCUT2D eigenvalue weighted by Crippen LogP contribution is -2.47. The molecule has 3 aromatic rings. The molecule has 1 aromatic heterocycles. The minimum Gasteiger partial charge on any atom is -0.327 e. The largest absolute Gasteiger partial charge is 0.327 e. The first-order valence-electron chi connectivity index (χ1n) is 11.5. The molecule has 5 rings (SSSR count). The number of amides is 3. The molecule has 0 aliphatic carbocycles. The number of imidazole rings is 1. The van der Waals surface area contributed by atoms with Gasteiger partial charge in [-0.3, -0.25) is 4.79 Å². The van der Waals surface area contributed by atoms with Crippen molar-refractivity contribution in [2.24, 2.45) is 13.0 Å². The third-order valence-electron chi connectivity index (χ3n) is 6.71. The standard InChI is InChI=1S/C25H29N5O2/c1-28-22-7-3-2-6-21(22)27-23(28)18-8-10-20(11-9-18)26-24(31)19-12-16-30(17-13-19)25(32)29-14-4-5-15-29/h2-3,6-11,19H,4-5,12-17H2,1H3,(H,26,31). The Morgan fingerprint density at radius 1 is 0.906 bits per heavy atom. The molecule has 2 aromatic carbocycles. The van der Waals surface area contributed by atoms with Crippen LogP contribution in [0.25, 0.3) is 22.4 Å². The maximum Gasteiger partial charge on any atom is 0.319 e. The maximum absolute atomic E-state index is 12.8. The van der Waals surface area contributed by atoms with Crippen LogP contribution in [0.5, 0.6) is 0 Å². The Kier molecular flexibility index (Phi) is 5.55. The average molecular weight is 432 g/mol. The molecule has 2 saturated heterocycles. The number of hydrogen-bond donors (Lipinski definition) is 1. The first-order chi connectivity index (χ1) is 15.6. The van der Waals surface area contributed by atoms with Gasteiger partial charge in [-0.15, -0.1) is 0 Å². The van der Waals surface area contributed by atoms with Crippen LogP contribution in [0.15, 0.2) is 48.5 Å². The van der Waals surface area contributed by atoms with E-state index in [9.17, 15) is 9.59 Å². The van der Waals surface area contributed by atoms with E-state index in [1.54, 1.807) is 0 Å². The van der Waals surface area contributed by atoms with E-state index in [4.69, 9.17) is 4.98 Å². The van der Waals surface area contributed by atoms with Gasteiger partial charge in [0.15, 0.2) is 0 Å². The molecule has 7 nitrogen and oxygen atoms in total. The van der Waals surface area contributed by atoms with E-state index in [2.05, 4.69) is 16.0 Å². The minimum absolute atomic E-state index is 0.0359. The van der Waals surface area contributed by atoms with Crippen LogP contribution in [0.1, 0.15) is 25.7 Å². The molecule has 2 aliphatic rings. The second kappa shape index (κ2) is 8.65. The second-order valence-corrected chi connectivity index (χ2v) is 8.79. The van der Waals surface area contributed by atoms with Gasteiger partial charge in [0.25, 0.3) is 0 Å². The summed E-state index contributed by atoms with van der Waals surface area (Å²) in [7, 11) is 2.02. The summed E-state index contributed by atoms with van der Waals surface area (Å²) in [5.41, 5.74) is 3.86. The van der Waals surface area contributed by atoms with Crippen LogP contribution in [0, 0.1) is 5.92 Å². The van der Waals surface area contributed by atoms with Crippen LogP contribution in [0.2, 0.25) is 0 Å². The van der Waals surface area contributed by atoms with Crippen LogP contribution in [0.3, 0.4) is 0 Å². The molecule has 166 valence electrons. The maximum atomic E-state index is 12.8. The molecule has 0 saturated carbocycles. The summed E-state index contributed by atoms with van der Waals surface area (Å²) in [6.07, 6.45) is 3.62. The van der Waals surface area contributed by atoms with E-state index in [0.29, 0.717) is 25.9 Å². The van der Waals surface area contributed by atoms with E-state index in [1.807, 2.05) is 59.3 Å². The number of carbonyl (C=O) groups excluding carboxylic acids is 2. The van der Waals surface area contributed by atoms with Crippen molar-refractivity contribution in [1.29, 1.82) is 0 Å². The lowest BCUT2D eigenvalue weighted by molar-refractivity contribution is -0.121. The molecule has 2 aliphatic heterocycles. The zero-order valence-electron chi connectivity index (χ0n) is 18.5. The van der Waals surface area contributed by atoms with Gasteiger partial charge in [-0.1, -0.05) is 12.1 Å². The third-order valence-corrected chi connectivity index (χ3v) is 6.71. The Morgan fingerprint density at radius 3 is 2.25 bits per heavy atom. The van der Waals surface area contributed by atoms with Gasteiger partial charge in [0.2, 0.25) is 5.91 Å². The number of carbonyl (C=O) groups is 2. The summed E-state index contributed by atoms with van der Waals surface area (Å²) in [6, 6.07) is 16.1. The molecule has 32 heavy (non-hydrogen) atoms. The molecule has 0 atom stereocenters. The van der Waals surface area contributed by atoms with Crippen molar-refractivity contribution < 1.29 is 9.59 Å². The van der Waals surface area contributed by atoms with Crippen molar-refractivity contribution in [3.63, 3.8) is 0 Å². The Balaban J connectivity index is 1.19. The normalized spacial score (nSPS) is 17.2. The molecule has 1 N–H and O–H groups in total. The molecule has 3 amide bonds. The molecule has 0 bridgehead atoms. The predicted molar refractivity (Wildman–Crippen MR) is 125 cm³/mol. The van der Waals surface area contributed by atoms with Crippen molar-refractivity contribution >= 4 is 28.7 Å². The van der Waals surface area contributed by atoms with E-state index in [-0.39, 0.29) is 17.9 Å². The number of fused-ring (bicyclic) bond motifs is 1. The number of aryl methyl sites for hydroxylation is 1. The predicted octanol–water partition coefficient (Wildman–Crippen LogP) is 4.11. The quantitative estimate of drug-likeness (QED) is 0.679. The molecule has 3 heterocycles. The van der Waals surface area contributed by atoms with E-state index in [1.165, 1.54) is 0 Å². The monoisotopic (exact) mass is 431 g/mol. The highest BCUT2D eigenvalue weighted by atomic mass is 16.2. The first-order valence-corrected chi connectivity index (χ1v) is 11.5. The van der Waals surface area contributed by atoms with Crippen molar-refractivity contribution in [2.45, 2.75) is 25.7 Å². The Hall–Kier alpha value is -3.35. The van der Waals surface area contributed by atoms with Gasteiger partial charge in [-0.05, 0) is 62.1 Å². The third kappa shape index (κ3) is 3.95. The van der Waals surface area contributed by atoms with E-state index >= 15 is 0 Å². The van der Waals surface area contributed by atoms with Gasteiger partial charge in [0, 0.05) is 50.4 Å². The Morgan fingerprint density at radius 2 is 1.56 bits per heavy atom. The molecule has 0 unspecified atom stereocenters. The van der Waals surface area contributed by atoms with Crippen LogP contribution < -0.4 is 5.32 Å². The molecule has 0 spiro atoms. The van der Waals surface area contributed by atoms with Gasteiger partial charge in [0.05, 0.1) is 11.0 Å². The van der Waals surface area contributed by atoms with Gasteiger partial charge >= 0.3 is 6.03 Å². The molecular weight excluding hydrogens is 402 g/mol. The van der Waals surface area contributed by atoms with Crippen molar-refractivity contribution in [2.75, 3.05) is 31.5 Å². The fourth-order valence-electron chi connectivity index (χ4n) is 4.79. The van der Waals surface area contributed by atoms with E-state index < -0.39 is 0 Å². The highest BCUT2D eigenvalue weighted by Crippen LogP contribution is 2.26. The first kappa shape index (κ1) is 20.5.